The number of carbonyl (C=O) groups excluding carboxylic acids is 1. The Hall–Kier alpha value is -0.460. The summed E-state index contributed by atoms with van der Waals surface area (Å²) in [6.45, 7) is 4.65. The van der Waals surface area contributed by atoms with Crippen molar-refractivity contribution in [2.24, 2.45) is 0 Å². The van der Waals surface area contributed by atoms with E-state index in [1.54, 1.807) is 25.3 Å². The number of hydrogen-bond donors (Lipinski definition) is 1. The molecular weight excluding hydrogens is 274 g/mol. The van der Waals surface area contributed by atoms with Gasteiger partial charge in [-0.3, -0.25) is 13.9 Å². The van der Waals surface area contributed by atoms with Gasteiger partial charge in [-0.05, 0) is 26.2 Å². The van der Waals surface area contributed by atoms with Crippen LogP contribution in [0.2, 0.25) is 0 Å². The molecule has 2 unspecified atom stereocenters. The highest BCUT2D eigenvalue weighted by molar-refractivity contribution is 7.84. The summed E-state index contributed by atoms with van der Waals surface area (Å²) in [5.74, 6) is 0.944. The first-order valence-electron chi connectivity index (χ1n) is 7.37. The Morgan fingerprint density at radius 2 is 2.00 bits per heavy atom. The Bertz CT molecular complexity index is 328. The van der Waals surface area contributed by atoms with Crippen molar-refractivity contribution < 1.29 is 9.00 Å². The van der Waals surface area contributed by atoms with Gasteiger partial charge in [0, 0.05) is 62.1 Å². The van der Waals surface area contributed by atoms with Crippen molar-refractivity contribution in [3.8, 4) is 0 Å². The number of nitrogens with one attached hydrogen (secondary N) is 1. The highest BCUT2D eigenvalue weighted by Crippen LogP contribution is 2.11. The standard InChI is InChI=1S/C14H29N3O2S/c1-12(7-10-20(4)19)15-13-5-8-17(9-6-13)11-14(18)16(2)3/h12-13,15H,5-11H2,1-4H3. The summed E-state index contributed by atoms with van der Waals surface area (Å²) in [7, 11) is 2.90. The molecule has 1 fully saturated rings. The van der Waals surface area contributed by atoms with Crippen LogP contribution in [0, 0.1) is 0 Å². The van der Waals surface area contributed by atoms with Crippen molar-refractivity contribution in [1.29, 1.82) is 0 Å². The molecular formula is C14H29N3O2S. The fourth-order valence-electron chi connectivity index (χ4n) is 2.42. The van der Waals surface area contributed by atoms with Crippen LogP contribution in [0.15, 0.2) is 0 Å². The second-order valence-corrected chi connectivity index (χ2v) is 7.53. The zero-order chi connectivity index (χ0) is 15.1. The maximum absolute atomic E-state index is 11.7. The van der Waals surface area contributed by atoms with Gasteiger partial charge in [0.1, 0.15) is 0 Å². The van der Waals surface area contributed by atoms with Crippen molar-refractivity contribution in [3.63, 3.8) is 0 Å². The monoisotopic (exact) mass is 303 g/mol. The Labute approximate surface area is 125 Å². The van der Waals surface area contributed by atoms with E-state index in [4.69, 9.17) is 0 Å². The normalized spacial score (nSPS) is 20.6. The molecule has 1 heterocycles. The van der Waals surface area contributed by atoms with Gasteiger partial charge in [-0.25, -0.2) is 0 Å². The second kappa shape index (κ2) is 8.74. The zero-order valence-corrected chi connectivity index (χ0v) is 14.0. The molecule has 6 heteroatoms. The fraction of sp³-hybridized carbons (Fsp3) is 0.929. The highest BCUT2D eigenvalue weighted by Gasteiger charge is 2.22. The van der Waals surface area contributed by atoms with Gasteiger partial charge < -0.3 is 10.2 Å². The molecule has 20 heavy (non-hydrogen) atoms. The summed E-state index contributed by atoms with van der Waals surface area (Å²) in [6.07, 6.45) is 4.88. The van der Waals surface area contributed by atoms with E-state index in [2.05, 4.69) is 17.1 Å². The lowest BCUT2D eigenvalue weighted by molar-refractivity contribution is -0.130. The minimum Gasteiger partial charge on any atom is -0.348 e. The maximum Gasteiger partial charge on any atom is 0.236 e. The quantitative estimate of drug-likeness (QED) is 0.734. The molecule has 1 aliphatic rings. The number of likely N-dealkylation sites (tertiary alicyclic amines) is 1. The summed E-state index contributed by atoms with van der Waals surface area (Å²) in [5, 5.41) is 3.61. The highest BCUT2D eigenvalue weighted by atomic mass is 32.2. The summed E-state index contributed by atoms with van der Waals surface area (Å²) < 4.78 is 11.1. The lowest BCUT2D eigenvalue weighted by Crippen LogP contribution is -2.47. The molecule has 0 spiro atoms. The first-order valence-corrected chi connectivity index (χ1v) is 9.09. The molecule has 1 aliphatic heterocycles. The van der Waals surface area contributed by atoms with Crippen molar-refractivity contribution >= 4 is 16.7 Å². The minimum atomic E-state index is -0.700. The average molecular weight is 303 g/mol. The van der Waals surface area contributed by atoms with E-state index >= 15 is 0 Å². The second-order valence-electron chi connectivity index (χ2n) is 5.97. The van der Waals surface area contributed by atoms with E-state index in [1.165, 1.54) is 0 Å². The third-order valence-corrected chi connectivity index (χ3v) is 4.61. The first-order chi connectivity index (χ1) is 9.38. The van der Waals surface area contributed by atoms with Gasteiger partial charge in [0.05, 0.1) is 6.54 Å². The maximum atomic E-state index is 11.7. The fourth-order valence-corrected chi connectivity index (χ4v) is 3.10. The third kappa shape index (κ3) is 6.81. The Balaban J connectivity index is 2.21. The summed E-state index contributed by atoms with van der Waals surface area (Å²) >= 11 is 0. The van der Waals surface area contributed by atoms with Crippen LogP contribution in [0.5, 0.6) is 0 Å². The summed E-state index contributed by atoms with van der Waals surface area (Å²) in [6, 6.07) is 0.944. The molecule has 0 bridgehead atoms. The van der Waals surface area contributed by atoms with Gasteiger partial charge >= 0.3 is 0 Å². The third-order valence-electron chi connectivity index (χ3n) is 3.80. The van der Waals surface area contributed by atoms with Crippen LogP contribution in [0.25, 0.3) is 0 Å². The van der Waals surface area contributed by atoms with Gasteiger partial charge in [0.25, 0.3) is 0 Å². The van der Waals surface area contributed by atoms with Crippen LogP contribution in [0.4, 0.5) is 0 Å². The van der Waals surface area contributed by atoms with Crippen molar-refractivity contribution in [2.45, 2.75) is 38.3 Å². The van der Waals surface area contributed by atoms with E-state index in [0.717, 1.165) is 38.1 Å². The largest absolute Gasteiger partial charge is 0.348 e. The Morgan fingerprint density at radius 3 is 2.50 bits per heavy atom. The SMILES string of the molecule is CC(CCS(C)=O)NC1CCN(CC(=O)N(C)C)CC1. The van der Waals surface area contributed by atoms with Crippen LogP contribution in [-0.4, -0.2) is 77.7 Å². The van der Waals surface area contributed by atoms with E-state index in [9.17, 15) is 9.00 Å². The molecule has 5 nitrogen and oxygen atoms in total. The molecule has 0 aromatic carbocycles. The van der Waals surface area contributed by atoms with Crippen molar-refractivity contribution in [2.75, 3.05) is 45.7 Å². The zero-order valence-electron chi connectivity index (χ0n) is 13.2. The molecule has 1 N–H and O–H groups in total. The predicted molar refractivity (Wildman–Crippen MR) is 84.3 cm³/mol. The number of piperidine rings is 1. The number of amides is 1. The number of rotatable bonds is 7. The van der Waals surface area contributed by atoms with E-state index in [1.807, 2.05) is 0 Å². The van der Waals surface area contributed by atoms with Crippen molar-refractivity contribution in [1.82, 2.24) is 15.1 Å². The molecule has 1 saturated heterocycles. The number of likely N-dealkylation sites (N-methyl/N-ethyl adjacent to an activating group) is 1. The first kappa shape index (κ1) is 17.6. The van der Waals surface area contributed by atoms with Gasteiger partial charge in [-0.15, -0.1) is 0 Å². The Morgan fingerprint density at radius 1 is 1.40 bits per heavy atom. The van der Waals surface area contributed by atoms with Crippen LogP contribution < -0.4 is 5.32 Å². The molecule has 0 radical (unpaired) electrons. The number of carbonyl (C=O) groups is 1. The Kier molecular flexibility index (Phi) is 7.69. The molecule has 1 amide bonds. The summed E-state index contributed by atoms with van der Waals surface area (Å²) in [5.41, 5.74) is 0. The minimum absolute atomic E-state index is 0.176. The predicted octanol–water partition coefficient (Wildman–Crippen LogP) is 0.286. The smallest absolute Gasteiger partial charge is 0.236 e. The molecule has 2 atom stereocenters. The van der Waals surface area contributed by atoms with Gasteiger partial charge in [0.15, 0.2) is 0 Å². The van der Waals surface area contributed by atoms with E-state index in [-0.39, 0.29) is 5.91 Å². The lowest BCUT2D eigenvalue weighted by atomic mass is 10.0. The molecule has 0 aromatic heterocycles. The molecule has 0 aromatic rings. The lowest BCUT2D eigenvalue weighted by Gasteiger charge is -2.34. The van der Waals surface area contributed by atoms with Gasteiger partial charge in [0.2, 0.25) is 5.91 Å². The molecule has 0 aliphatic carbocycles. The van der Waals surface area contributed by atoms with Crippen LogP contribution in [-0.2, 0) is 15.6 Å². The average Bonchev–Trinajstić information content (AvgIpc) is 2.38. The van der Waals surface area contributed by atoms with Crippen LogP contribution in [0.1, 0.15) is 26.2 Å². The molecule has 118 valence electrons. The number of hydrogen-bond acceptors (Lipinski definition) is 4. The summed E-state index contributed by atoms with van der Waals surface area (Å²) in [4.78, 5) is 15.5. The molecule has 0 saturated carbocycles. The van der Waals surface area contributed by atoms with Gasteiger partial charge in [-0.2, -0.15) is 0 Å². The molecule has 1 rings (SSSR count). The topological polar surface area (TPSA) is 52.7 Å². The van der Waals surface area contributed by atoms with Crippen molar-refractivity contribution in [3.05, 3.63) is 0 Å². The van der Waals surface area contributed by atoms with Crippen LogP contribution >= 0.6 is 0 Å². The van der Waals surface area contributed by atoms with Crippen LogP contribution in [0.3, 0.4) is 0 Å². The number of nitrogens with zero attached hydrogens (tertiary/aromatic N) is 2. The van der Waals surface area contributed by atoms with Gasteiger partial charge in [-0.1, -0.05) is 0 Å². The van der Waals surface area contributed by atoms with E-state index < -0.39 is 10.8 Å². The van der Waals surface area contributed by atoms with E-state index in [0.29, 0.717) is 18.6 Å².